The molecule has 1 radical (unpaired) electrons. The first-order valence-corrected chi connectivity index (χ1v) is 3.57. The van der Waals surface area contributed by atoms with Gasteiger partial charge in [0.05, 0.1) is 5.69 Å². The molecule has 2 N–H and O–H groups in total. The van der Waals surface area contributed by atoms with Crippen LogP contribution in [0.2, 0.25) is 5.02 Å². The number of nitrogens with two attached hydrogens (primary N) is 1. The van der Waals surface area contributed by atoms with E-state index in [1.54, 1.807) is 0 Å². The van der Waals surface area contributed by atoms with Gasteiger partial charge in [0.2, 0.25) is 0 Å². The number of aromatic nitrogens is 1. The highest BCUT2D eigenvalue weighted by atomic mass is 35.5. The van der Waals surface area contributed by atoms with Crippen molar-refractivity contribution in [2.45, 2.75) is 0 Å². The fourth-order valence-electron chi connectivity index (χ4n) is 1.00. The quantitative estimate of drug-likeness (QED) is 0.637. The van der Waals surface area contributed by atoms with Gasteiger partial charge in [-0.1, -0.05) is 11.6 Å². The number of nitrogen functional groups attached to an aromatic ring is 1. The molecule has 0 fully saturated rings. The maximum absolute atomic E-state index is 10.7. The van der Waals surface area contributed by atoms with Crippen LogP contribution in [0.5, 0.6) is 6.08 Å². The van der Waals surface area contributed by atoms with Crippen molar-refractivity contribution in [1.82, 2.24) is 4.98 Å². The molecule has 0 aliphatic rings. The minimum Gasteiger partial charge on any atom is -0.404 e. The van der Waals surface area contributed by atoms with Crippen LogP contribution in [-0.4, -0.2) is 4.98 Å². The summed E-state index contributed by atoms with van der Waals surface area (Å²) in [6, 6.07) is 3.03. The fraction of sp³-hybridized carbons (Fsp3) is 0. The first kappa shape index (κ1) is 7.24. The first-order chi connectivity index (χ1) is 5.66. The molecule has 0 spiro atoms. The van der Waals surface area contributed by atoms with Gasteiger partial charge in [0, 0.05) is 5.02 Å². The van der Waals surface area contributed by atoms with Crippen LogP contribution < -0.4 is 5.73 Å². The summed E-state index contributed by atoms with van der Waals surface area (Å²) < 4.78 is 4.70. The second kappa shape index (κ2) is 2.28. The van der Waals surface area contributed by atoms with Crippen LogP contribution >= 0.6 is 11.6 Å². The lowest BCUT2D eigenvalue weighted by Gasteiger charge is -1.92. The maximum atomic E-state index is 10.7. The third-order valence-corrected chi connectivity index (χ3v) is 1.68. The molecule has 0 atom stereocenters. The second-order valence-corrected chi connectivity index (χ2v) is 2.76. The zero-order chi connectivity index (χ0) is 8.72. The average molecular weight is 184 g/mol. The summed E-state index contributed by atoms with van der Waals surface area (Å²) in [5.74, 6) is 0. The Bertz CT molecular complexity index is 438. The first-order valence-electron chi connectivity index (χ1n) is 3.19. The van der Waals surface area contributed by atoms with E-state index in [2.05, 4.69) is 4.98 Å². The number of fused-ring (bicyclic) bond motifs is 1. The lowest BCUT2D eigenvalue weighted by molar-refractivity contribution is 0.245. The van der Waals surface area contributed by atoms with Crippen molar-refractivity contribution in [3.05, 3.63) is 17.2 Å². The van der Waals surface area contributed by atoms with Crippen molar-refractivity contribution in [2.75, 3.05) is 5.73 Å². The van der Waals surface area contributed by atoms with Crippen LogP contribution in [0, 0.1) is 0 Å². The number of halogens is 1. The zero-order valence-corrected chi connectivity index (χ0v) is 6.63. The van der Waals surface area contributed by atoms with Crippen molar-refractivity contribution >= 4 is 28.4 Å². The molecule has 0 aliphatic heterocycles. The van der Waals surface area contributed by atoms with Crippen molar-refractivity contribution in [2.24, 2.45) is 0 Å². The van der Waals surface area contributed by atoms with Gasteiger partial charge in [-0.2, -0.15) is 4.98 Å². The Morgan fingerprint density at radius 3 is 3.00 bits per heavy atom. The lowest BCUT2D eigenvalue weighted by Crippen LogP contribution is -1.84. The standard InChI is InChI=1S/C7H4ClN2O2/c8-3-1-4(9)6-5(2-3)10-7(11)12-6/h1-2H,9H2. The van der Waals surface area contributed by atoms with E-state index in [9.17, 15) is 5.11 Å². The molecule has 12 heavy (non-hydrogen) atoms. The van der Waals surface area contributed by atoms with Crippen LogP contribution in [0.1, 0.15) is 0 Å². The summed E-state index contributed by atoms with van der Waals surface area (Å²) in [4.78, 5) is 3.55. The van der Waals surface area contributed by atoms with E-state index >= 15 is 0 Å². The molecule has 2 aromatic rings. The number of oxazole rings is 1. The molecular weight excluding hydrogens is 180 g/mol. The van der Waals surface area contributed by atoms with Crippen LogP contribution in [0.3, 0.4) is 0 Å². The van der Waals surface area contributed by atoms with E-state index in [1.807, 2.05) is 0 Å². The van der Waals surface area contributed by atoms with Crippen LogP contribution in [0.15, 0.2) is 16.5 Å². The number of anilines is 1. The Hall–Kier alpha value is -1.42. The van der Waals surface area contributed by atoms with Gasteiger partial charge in [0.15, 0.2) is 5.58 Å². The summed E-state index contributed by atoms with van der Waals surface area (Å²) in [6.45, 7) is 0. The van der Waals surface area contributed by atoms with E-state index in [-0.39, 0.29) is 0 Å². The van der Waals surface area contributed by atoms with E-state index < -0.39 is 6.08 Å². The molecule has 0 saturated heterocycles. The van der Waals surface area contributed by atoms with Gasteiger partial charge in [0.1, 0.15) is 5.52 Å². The fourth-order valence-corrected chi connectivity index (χ4v) is 1.22. The van der Waals surface area contributed by atoms with Crippen molar-refractivity contribution in [1.29, 1.82) is 0 Å². The van der Waals surface area contributed by atoms with Crippen LogP contribution in [0.25, 0.3) is 11.1 Å². The Labute approximate surface area is 72.6 Å². The van der Waals surface area contributed by atoms with Crippen molar-refractivity contribution in [3.8, 4) is 6.08 Å². The van der Waals surface area contributed by atoms with E-state index in [4.69, 9.17) is 21.8 Å². The molecule has 0 unspecified atom stereocenters. The van der Waals surface area contributed by atoms with E-state index in [0.29, 0.717) is 21.8 Å². The van der Waals surface area contributed by atoms with Crippen molar-refractivity contribution < 1.29 is 9.52 Å². The summed E-state index contributed by atoms with van der Waals surface area (Å²) in [7, 11) is 0. The molecule has 0 bridgehead atoms. The predicted octanol–water partition coefficient (Wildman–Crippen LogP) is 2.21. The van der Waals surface area contributed by atoms with Gasteiger partial charge in [-0.25, -0.2) is 5.11 Å². The molecule has 0 amide bonds. The Morgan fingerprint density at radius 1 is 1.50 bits per heavy atom. The average Bonchev–Trinajstić information content (AvgIpc) is 2.29. The third-order valence-electron chi connectivity index (χ3n) is 1.46. The van der Waals surface area contributed by atoms with Gasteiger partial charge in [0.25, 0.3) is 0 Å². The molecule has 1 aromatic heterocycles. The number of benzene rings is 1. The highest BCUT2D eigenvalue weighted by Gasteiger charge is 2.09. The summed E-state index contributed by atoms with van der Waals surface area (Å²) in [5, 5.41) is 11.1. The third kappa shape index (κ3) is 0.967. The topological polar surface area (TPSA) is 71.9 Å². The molecule has 2 rings (SSSR count). The highest BCUT2D eigenvalue weighted by Crippen LogP contribution is 2.28. The number of nitrogens with zero attached hydrogens (tertiary/aromatic N) is 1. The molecule has 61 valence electrons. The Kier molecular flexibility index (Phi) is 1.38. The van der Waals surface area contributed by atoms with Gasteiger partial charge >= 0.3 is 6.08 Å². The summed E-state index contributed by atoms with van der Waals surface area (Å²) in [6.07, 6.45) is -0.654. The minimum absolute atomic E-state index is 0.296. The molecule has 1 heterocycles. The molecular formula is C7H4ClN2O2. The van der Waals surface area contributed by atoms with E-state index in [1.165, 1.54) is 12.1 Å². The zero-order valence-electron chi connectivity index (χ0n) is 5.87. The monoisotopic (exact) mass is 183 g/mol. The molecule has 4 nitrogen and oxygen atoms in total. The van der Waals surface area contributed by atoms with Crippen LogP contribution in [-0.2, 0) is 5.11 Å². The normalized spacial score (nSPS) is 10.8. The van der Waals surface area contributed by atoms with Gasteiger partial charge < -0.3 is 10.2 Å². The summed E-state index contributed by atoms with van der Waals surface area (Å²) in [5.41, 5.74) is 6.53. The lowest BCUT2D eigenvalue weighted by atomic mass is 10.3. The largest absolute Gasteiger partial charge is 0.439 e. The SMILES string of the molecule is Nc1cc(Cl)cc2nc([O])oc12. The van der Waals surface area contributed by atoms with Crippen molar-refractivity contribution in [3.63, 3.8) is 0 Å². The Morgan fingerprint density at radius 2 is 2.25 bits per heavy atom. The van der Waals surface area contributed by atoms with E-state index in [0.717, 1.165) is 0 Å². The van der Waals surface area contributed by atoms with Gasteiger partial charge in [-0.3, -0.25) is 0 Å². The van der Waals surface area contributed by atoms with Gasteiger partial charge in [-0.15, -0.1) is 0 Å². The minimum atomic E-state index is -0.654. The maximum Gasteiger partial charge on any atom is 0.439 e. The van der Waals surface area contributed by atoms with Gasteiger partial charge in [-0.05, 0) is 12.1 Å². The smallest absolute Gasteiger partial charge is 0.404 e. The molecule has 0 aliphatic carbocycles. The number of hydrogen-bond donors (Lipinski definition) is 1. The number of rotatable bonds is 0. The second-order valence-electron chi connectivity index (χ2n) is 2.32. The molecule has 5 heteroatoms. The Balaban J connectivity index is 2.88. The molecule has 0 saturated carbocycles. The van der Waals surface area contributed by atoms with Crippen LogP contribution in [0.4, 0.5) is 5.69 Å². The molecule has 1 aromatic carbocycles. The predicted molar refractivity (Wildman–Crippen MR) is 43.6 cm³/mol. The highest BCUT2D eigenvalue weighted by molar-refractivity contribution is 6.31. The summed E-state index contributed by atoms with van der Waals surface area (Å²) >= 11 is 5.67. The number of hydrogen-bond acceptors (Lipinski definition) is 3.